The van der Waals surface area contributed by atoms with E-state index in [9.17, 15) is 8.42 Å². The number of hydrogen-bond donors (Lipinski definition) is 2. The topological polar surface area (TPSA) is 72.2 Å². The summed E-state index contributed by atoms with van der Waals surface area (Å²) >= 11 is 13.0. The molecule has 1 heterocycles. The molecule has 0 aliphatic carbocycles. The normalized spacial score (nSPS) is 11.8. The van der Waals surface area contributed by atoms with Crippen molar-refractivity contribution in [3.63, 3.8) is 0 Å². The first-order valence-corrected chi connectivity index (χ1v) is 9.25. The minimum Gasteiger partial charge on any atom is -0.326 e. The van der Waals surface area contributed by atoms with Gasteiger partial charge < -0.3 is 5.73 Å². The molecule has 2 rings (SSSR count). The summed E-state index contributed by atoms with van der Waals surface area (Å²) in [5.41, 5.74) is 7.13. The summed E-state index contributed by atoms with van der Waals surface area (Å²) in [6, 6.07) is 6.74. The van der Waals surface area contributed by atoms with Crippen LogP contribution in [0.2, 0.25) is 10.0 Å². The average Bonchev–Trinajstić information content (AvgIpc) is 2.91. The molecule has 0 amide bonds. The number of rotatable bonds is 6. The van der Waals surface area contributed by atoms with Crippen molar-refractivity contribution in [3.8, 4) is 0 Å². The predicted molar refractivity (Wildman–Crippen MR) is 87.6 cm³/mol. The molecule has 0 bridgehead atoms. The van der Waals surface area contributed by atoms with Gasteiger partial charge in [0.15, 0.2) is 0 Å². The lowest BCUT2D eigenvalue weighted by atomic mass is 10.1. The van der Waals surface area contributed by atoms with Crippen LogP contribution in [-0.2, 0) is 23.0 Å². The molecule has 1 aromatic heterocycles. The fraction of sp³-hybridized carbons (Fsp3) is 0.231. The lowest BCUT2D eigenvalue weighted by Crippen LogP contribution is -2.25. The summed E-state index contributed by atoms with van der Waals surface area (Å²) in [5, 5.41) is 2.82. The van der Waals surface area contributed by atoms with Crippen LogP contribution in [0, 0.1) is 0 Å². The van der Waals surface area contributed by atoms with E-state index in [4.69, 9.17) is 28.9 Å². The summed E-state index contributed by atoms with van der Waals surface area (Å²) in [6.45, 7) is 0.589. The molecule has 0 radical (unpaired) electrons. The smallest absolute Gasteiger partial charge is 0.250 e. The van der Waals surface area contributed by atoms with Crippen molar-refractivity contribution >= 4 is 44.6 Å². The van der Waals surface area contributed by atoms with Crippen molar-refractivity contribution in [1.29, 1.82) is 0 Å². The van der Waals surface area contributed by atoms with Crippen molar-refractivity contribution in [2.75, 3.05) is 6.54 Å². The van der Waals surface area contributed by atoms with Gasteiger partial charge >= 0.3 is 0 Å². The summed E-state index contributed by atoms with van der Waals surface area (Å²) in [5.74, 6) is 0. The number of nitrogens with one attached hydrogen (secondary N) is 1. The molecule has 0 unspecified atom stereocenters. The minimum absolute atomic E-state index is 0.263. The van der Waals surface area contributed by atoms with Gasteiger partial charge in [-0.25, -0.2) is 13.1 Å². The van der Waals surface area contributed by atoms with Crippen LogP contribution in [0.3, 0.4) is 0 Å². The molecule has 4 nitrogen and oxygen atoms in total. The highest BCUT2D eigenvalue weighted by Crippen LogP contribution is 2.22. The number of hydrogen-bond acceptors (Lipinski definition) is 4. The Morgan fingerprint density at radius 1 is 1.24 bits per heavy atom. The quantitative estimate of drug-likeness (QED) is 0.827. The van der Waals surface area contributed by atoms with Crippen LogP contribution in [0.4, 0.5) is 0 Å². The van der Waals surface area contributed by atoms with Crippen LogP contribution in [0.1, 0.15) is 11.1 Å². The van der Waals surface area contributed by atoms with Gasteiger partial charge in [0.1, 0.15) is 4.21 Å². The fourth-order valence-corrected chi connectivity index (χ4v) is 4.52. The fourth-order valence-electron chi connectivity index (χ4n) is 1.72. The van der Waals surface area contributed by atoms with Crippen molar-refractivity contribution in [3.05, 3.63) is 50.8 Å². The van der Waals surface area contributed by atoms with Gasteiger partial charge in [-0.2, -0.15) is 0 Å². The van der Waals surface area contributed by atoms with Gasteiger partial charge in [0, 0.05) is 23.1 Å². The Kier molecular flexibility index (Phi) is 5.65. The third kappa shape index (κ3) is 4.42. The third-order valence-electron chi connectivity index (χ3n) is 2.83. The van der Waals surface area contributed by atoms with Crippen molar-refractivity contribution in [2.45, 2.75) is 17.2 Å². The van der Waals surface area contributed by atoms with E-state index in [1.54, 1.807) is 29.6 Å². The van der Waals surface area contributed by atoms with E-state index in [-0.39, 0.29) is 10.8 Å². The molecule has 1 aromatic carbocycles. The Morgan fingerprint density at radius 3 is 2.62 bits per heavy atom. The van der Waals surface area contributed by atoms with E-state index in [2.05, 4.69) is 4.72 Å². The Morgan fingerprint density at radius 2 is 2.00 bits per heavy atom. The molecule has 0 atom stereocenters. The molecular formula is C13H14Cl2N2O2S2. The number of benzene rings is 1. The highest BCUT2D eigenvalue weighted by atomic mass is 35.5. The third-order valence-corrected chi connectivity index (χ3v) is 6.37. The van der Waals surface area contributed by atoms with Crippen molar-refractivity contribution in [2.24, 2.45) is 5.73 Å². The summed E-state index contributed by atoms with van der Waals surface area (Å²) in [4.78, 5) is 0. The van der Waals surface area contributed by atoms with E-state index in [0.29, 0.717) is 23.0 Å². The van der Waals surface area contributed by atoms with Gasteiger partial charge in [-0.3, -0.25) is 0 Å². The SMILES string of the molecule is NCc1csc(S(=O)(=O)NCCc2ccc(Cl)cc2Cl)c1. The van der Waals surface area contributed by atoms with Crippen LogP contribution in [0.5, 0.6) is 0 Å². The van der Waals surface area contributed by atoms with E-state index < -0.39 is 10.0 Å². The van der Waals surface area contributed by atoms with E-state index >= 15 is 0 Å². The van der Waals surface area contributed by atoms with E-state index in [0.717, 1.165) is 22.5 Å². The lowest BCUT2D eigenvalue weighted by molar-refractivity contribution is 0.583. The summed E-state index contributed by atoms with van der Waals surface area (Å²) in [6.07, 6.45) is 0.490. The molecule has 0 spiro atoms. The molecule has 2 aromatic rings. The molecular weight excluding hydrogens is 351 g/mol. The molecule has 8 heteroatoms. The van der Waals surface area contributed by atoms with Gasteiger partial charge in [0.05, 0.1) is 0 Å². The second-order valence-corrected chi connectivity index (χ2v) is 8.11. The number of halogens is 2. The van der Waals surface area contributed by atoms with E-state index in [1.807, 2.05) is 0 Å². The first kappa shape index (κ1) is 16.7. The molecule has 0 saturated heterocycles. The molecule has 0 fully saturated rings. The second kappa shape index (κ2) is 7.09. The second-order valence-electron chi connectivity index (χ2n) is 4.36. The zero-order valence-electron chi connectivity index (χ0n) is 11.0. The van der Waals surface area contributed by atoms with Gasteiger partial charge in [0.2, 0.25) is 10.0 Å². The van der Waals surface area contributed by atoms with Crippen LogP contribution in [0.25, 0.3) is 0 Å². The molecule has 0 aliphatic rings. The molecule has 0 saturated carbocycles. The molecule has 114 valence electrons. The minimum atomic E-state index is -3.50. The maximum atomic E-state index is 12.1. The van der Waals surface area contributed by atoms with E-state index in [1.165, 1.54) is 0 Å². The summed E-state index contributed by atoms with van der Waals surface area (Å²) < 4.78 is 27.0. The first-order chi connectivity index (χ1) is 9.92. The Labute approximate surface area is 137 Å². The Bertz CT molecular complexity index is 730. The highest BCUT2D eigenvalue weighted by molar-refractivity contribution is 7.91. The maximum absolute atomic E-state index is 12.1. The highest BCUT2D eigenvalue weighted by Gasteiger charge is 2.16. The summed E-state index contributed by atoms with van der Waals surface area (Å²) in [7, 11) is -3.50. The Hall–Kier alpha value is -0.630. The molecule has 0 aliphatic heterocycles. The van der Waals surface area contributed by atoms with Gasteiger partial charge in [-0.1, -0.05) is 29.3 Å². The van der Waals surface area contributed by atoms with Gasteiger partial charge in [0.25, 0.3) is 0 Å². The monoisotopic (exact) mass is 364 g/mol. The zero-order valence-corrected chi connectivity index (χ0v) is 14.1. The largest absolute Gasteiger partial charge is 0.326 e. The van der Waals surface area contributed by atoms with Gasteiger partial charge in [-0.05, 0) is 41.1 Å². The first-order valence-electron chi connectivity index (χ1n) is 6.13. The number of nitrogens with two attached hydrogens (primary N) is 1. The standard InChI is InChI=1S/C13H14Cl2N2O2S2/c14-11-2-1-10(12(15)6-11)3-4-17-21(18,19)13-5-9(7-16)8-20-13/h1-2,5-6,8,17H,3-4,7,16H2. The van der Waals surface area contributed by atoms with Crippen LogP contribution < -0.4 is 10.5 Å². The number of thiophene rings is 1. The zero-order chi connectivity index (χ0) is 15.5. The maximum Gasteiger partial charge on any atom is 0.250 e. The van der Waals surface area contributed by atoms with Crippen molar-refractivity contribution in [1.82, 2.24) is 4.72 Å². The average molecular weight is 365 g/mol. The number of sulfonamides is 1. The van der Waals surface area contributed by atoms with Crippen LogP contribution >= 0.6 is 34.5 Å². The van der Waals surface area contributed by atoms with Crippen LogP contribution in [-0.4, -0.2) is 15.0 Å². The molecule has 21 heavy (non-hydrogen) atoms. The van der Waals surface area contributed by atoms with Crippen molar-refractivity contribution < 1.29 is 8.42 Å². The van der Waals surface area contributed by atoms with Crippen LogP contribution in [0.15, 0.2) is 33.9 Å². The van der Waals surface area contributed by atoms with Gasteiger partial charge in [-0.15, -0.1) is 11.3 Å². The Balaban J connectivity index is 1.99. The lowest BCUT2D eigenvalue weighted by Gasteiger charge is -2.06. The predicted octanol–water partition coefficient (Wildman–Crippen LogP) is 3.03. The molecule has 3 N–H and O–H groups in total.